The summed E-state index contributed by atoms with van der Waals surface area (Å²) < 4.78 is 35.8. The fourth-order valence-corrected chi connectivity index (χ4v) is 16.5. The molecule has 186 valence electrons. The van der Waals surface area contributed by atoms with Gasteiger partial charge in [0.2, 0.25) is 0 Å². The van der Waals surface area contributed by atoms with Crippen LogP contribution in [0.25, 0.3) is 0 Å². The van der Waals surface area contributed by atoms with E-state index < -0.39 is 17.5 Å². The fourth-order valence-electron chi connectivity index (χ4n) is 5.25. The summed E-state index contributed by atoms with van der Waals surface area (Å²) in [5, 5.41) is 4.60. The Morgan fingerprint density at radius 1 is 0.528 bits per heavy atom. The molecule has 4 nitrogen and oxygen atoms in total. The minimum atomic E-state index is -4.94. The third kappa shape index (κ3) is 6.08. The van der Waals surface area contributed by atoms with E-state index in [4.69, 9.17) is 18.6 Å². The van der Waals surface area contributed by atoms with Crippen molar-refractivity contribution in [1.82, 2.24) is 0 Å². The van der Waals surface area contributed by atoms with Crippen LogP contribution >= 0.6 is 7.26 Å². The number of halogens is 1. The molecule has 0 aliphatic heterocycles. The first kappa shape index (κ1) is 27.0. The summed E-state index contributed by atoms with van der Waals surface area (Å²) in [5.74, 6) is 0. The van der Waals surface area contributed by atoms with Crippen LogP contribution in [0, 0.1) is 10.2 Å². The molecule has 0 amide bonds. The Bertz CT molecular complexity index is 1100. The molecule has 0 spiro atoms. The first-order valence-electron chi connectivity index (χ1n) is 11.8. The van der Waals surface area contributed by atoms with Crippen LogP contribution in [0.5, 0.6) is 0 Å². The molecule has 4 aromatic rings. The second kappa shape index (κ2) is 12.0. The van der Waals surface area contributed by atoms with Gasteiger partial charge in [0.25, 0.3) is 0 Å². The van der Waals surface area contributed by atoms with E-state index in [1.54, 1.807) is 0 Å². The molecule has 1 aliphatic carbocycles. The van der Waals surface area contributed by atoms with Gasteiger partial charge in [0.15, 0.2) is 0 Å². The Balaban J connectivity index is 0.000000556. The topological polar surface area (TPSA) is 92.2 Å². The van der Waals surface area contributed by atoms with E-state index in [9.17, 15) is 0 Å². The van der Waals surface area contributed by atoms with Crippen molar-refractivity contribution in [1.29, 1.82) is 0 Å². The van der Waals surface area contributed by atoms with Crippen LogP contribution in [-0.4, -0.2) is 19.0 Å². The van der Waals surface area contributed by atoms with E-state index in [-0.39, 0.29) is 0 Å². The third-order valence-electron chi connectivity index (χ3n) is 6.48. The summed E-state index contributed by atoms with van der Waals surface area (Å²) in [6, 6.07) is 45.7. The second-order valence-corrected chi connectivity index (χ2v) is 16.9. The van der Waals surface area contributed by atoms with Gasteiger partial charge in [-0.25, -0.2) is 18.6 Å². The average Bonchev–Trinajstić information content (AvgIpc) is 3.35. The fraction of sp³-hybridized carbons (Fsp3) is 0.172. The van der Waals surface area contributed by atoms with Crippen molar-refractivity contribution < 1.29 is 28.9 Å². The molecular weight excluding hydrogens is 558 g/mol. The molecular formula is C29H28ClO4PSe. The van der Waals surface area contributed by atoms with Gasteiger partial charge >= 0.3 is 194 Å². The van der Waals surface area contributed by atoms with E-state index in [0.29, 0.717) is 19.0 Å². The van der Waals surface area contributed by atoms with Crippen LogP contribution in [0.1, 0.15) is 25.7 Å². The summed E-state index contributed by atoms with van der Waals surface area (Å²) >= 11 is 0.389. The molecule has 0 saturated heterocycles. The van der Waals surface area contributed by atoms with Crippen LogP contribution < -0.4 is 39.0 Å². The molecule has 0 unspecified atom stereocenters. The van der Waals surface area contributed by atoms with Crippen molar-refractivity contribution in [2.75, 3.05) is 0 Å². The molecule has 1 aliphatic rings. The molecule has 0 radical (unpaired) electrons. The van der Waals surface area contributed by atoms with Crippen molar-refractivity contribution in [3.05, 3.63) is 121 Å². The van der Waals surface area contributed by atoms with Gasteiger partial charge in [0.1, 0.15) is 0 Å². The van der Waals surface area contributed by atoms with Gasteiger partial charge in [-0.05, 0) is 0 Å². The van der Waals surface area contributed by atoms with Crippen molar-refractivity contribution in [2.24, 2.45) is 0 Å². The van der Waals surface area contributed by atoms with Crippen LogP contribution in [0.3, 0.4) is 0 Å². The molecule has 1 saturated carbocycles. The molecule has 36 heavy (non-hydrogen) atoms. The number of hydrogen-bond donors (Lipinski definition) is 0. The summed E-state index contributed by atoms with van der Waals surface area (Å²) in [7, 11) is -6.81. The van der Waals surface area contributed by atoms with Gasteiger partial charge in [-0.2, -0.15) is 0 Å². The zero-order chi connectivity index (χ0) is 25.5. The summed E-state index contributed by atoms with van der Waals surface area (Å²) in [5.41, 5.74) is 0. The Kier molecular flexibility index (Phi) is 9.00. The Labute approximate surface area is 221 Å². The average molecular weight is 586 g/mol. The van der Waals surface area contributed by atoms with Gasteiger partial charge in [-0.1, -0.05) is 0 Å². The normalized spacial score (nSPS) is 15.1. The van der Waals surface area contributed by atoms with Crippen LogP contribution in [0.4, 0.5) is 0 Å². The minimum absolute atomic E-state index is 0.297. The Morgan fingerprint density at radius 2 is 0.833 bits per heavy atom. The molecule has 0 bridgehead atoms. The van der Waals surface area contributed by atoms with Gasteiger partial charge in [0, 0.05) is 0 Å². The standard InChI is InChI=1S/C29H28PSe.ClHO4/c1-5-15-25(16-6-1)30(26-17-7-2-8-18-26,27-19-9-3-10-20-27)29(23-13-14-24-29)31-28-21-11-4-12-22-28;2-1(3,4)5/h1-12,15-22H,13-14,23-24H2;(H,2,3,4,5)/q+1;/p-1. The van der Waals surface area contributed by atoms with Crippen molar-refractivity contribution in [2.45, 2.75) is 29.7 Å². The summed E-state index contributed by atoms with van der Waals surface area (Å²) in [6.07, 6.45) is 5.30. The van der Waals surface area contributed by atoms with E-state index >= 15 is 0 Å². The maximum atomic E-state index is 8.49. The number of hydrogen-bond acceptors (Lipinski definition) is 4. The molecule has 1 fully saturated rings. The predicted molar refractivity (Wildman–Crippen MR) is 138 cm³/mol. The van der Waals surface area contributed by atoms with Crippen molar-refractivity contribution >= 4 is 42.6 Å². The van der Waals surface area contributed by atoms with Crippen molar-refractivity contribution in [3.8, 4) is 0 Å². The zero-order valence-corrected chi connectivity index (χ0v) is 23.1. The molecule has 4 aromatic carbocycles. The van der Waals surface area contributed by atoms with Gasteiger partial charge in [0.05, 0.1) is 0 Å². The summed E-state index contributed by atoms with van der Waals surface area (Å²) in [6.45, 7) is 0. The quantitative estimate of drug-likeness (QED) is 0.244. The number of rotatable bonds is 6. The maximum absolute atomic E-state index is 8.49. The van der Waals surface area contributed by atoms with E-state index in [0.717, 1.165) is 0 Å². The van der Waals surface area contributed by atoms with Crippen molar-refractivity contribution in [3.63, 3.8) is 0 Å². The van der Waals surface area contributed by atoms with Gasteiger partial charge in [-0.3, -0.25) is 0 Å². The summed E-state index contributed by atoms with van der Waals surface area (Å²) in [4.78, 5) is 0. The molecule has 0 atom stereocenters. The Morgan fingerprint density at radius 3 is 1.17 bits per heavy atom. The SMILES string of the molecule is [O-][Cl+3]([O-])([O-])[O-].c1ccc([Se]C2([P+](c3ccccc3)(c3ccccc3)c3ccccc3)CCCC2)cc1. The molecule has 7 heteroatoms. The van der Waals surface area contributed by atoms with Gasteiger partial charge in [-0.15, -0.1) is 10.2 Å². The van der Waals surface area contributed by atoms with Crippen LogP contribution in [-0.2, 0) is 0 Å². The van der Waals surface area contributed by atoms with E-state index in [2.05, 4.69) is 121 Å². The predicted octanol–water partition coefficient (Wildman–Crippen LogP) is 0.525. The van der Waals surface area contributed by atoms with Crippen LogP contribution in [0.2, 0.25) is 0 Å². The Hall–Kier alpha value is -2.04. The van der Waals surface area contributed by atoms with Gasteiger partial charge < -0.3 is 0 Å². The molecule has 5 rings (SSSR count). The van der Waals surface area contributed by atoms with Crippen LogP contribution in [0.15, 0.2) is 121 Å². The molecule has 0 N–H and O–H groups in total. The first-order chi connectivity index (χ1) is 17.4. The second-order valence-electron chi connectivity index (χ2n) is 8.62. The van der Waals surface area contributed by atoms with E-state index in [1.165, 1.54) is 46.1 Å². The molecule has 0 aromatic heterocycles. The first-order valence-corrected chi connectivity index (χ1v) is 16.5. The number of benzene rings is 4. The monoisotopic (exact) mass is 586 g/mol. The van der Waals surface area contributed by atoms with E-state index in [1.807, 2.05) is 0 Å². The molecule has 0 heterocycles. The third-order valence-corrected chi connectivity index (χ3v) is 16.3. The zero-order valence-electron chi connectivity index (χ0n) is 19.7.